The molecule has 2 aromatic carbocycles. The molecule has 0 aromatic heterocycles. The molecule has 0 saturated heterocycles. The number of benzene rings is 2. The van der Waals surface area contributed by atoms with Crippen molar-refractivity contribution in [3.63, 3.8) is 0 Å². The molecular weight excluding hydrogens is 239 g/mol. The molecule has 0 spiro atoms. The lowest BCUT2D eigenvalue weighted by atomic mass is 9.99. The van der Waals surface area contributed by atoms with E-state index in [0.717, 1.165) is 12.1 Å². The molecule has 18 heavy (non-hydrogen) atoms. The van der Waals surface area contributed by atoms with Crippen LogP contribution in [-0.4, -0.2) is 0 Å². The minimum Gasteiger partial charge on any atom is -0.323 e. The second kappa shape index (κ2) is 5.23. The lowest BCUT2D eigenvalue weighted by Gasteiger charge is -2.14. The summed E-state index contributed by atoms with van der Waals surface area (Å²) in [6.45, 7) is 0. The molecule has 94 valence electrons. The van der Waals surface area contributed by atoms with Gasteiger partial charge in [0.2, 0.25) is 0 Å². The summed E-state index contributed by atoms with van der Waals surface area (Å²) < 4.78 is 40.0. The Morgan fingerprint density at radius 2 is 1.56 bits per heavy atom. The van der Waals surface area contributed by atoms with Gasteiger partial charge < -0.3 is 5.73 Å². The summed E-state index contributed by atoms with van der Waals surface area (Å²) in [7, 11) is 0. The molecule has 0 aliphatic rings. The van der Waals surface area contributed by atoms with Gasteiger partial charge in [-0.2, -0.15) is 0 Å². The first kappa shape index (κ1) is 12.6. The van der Waals surface area contributed by atoms with Crippen LogP contribution in [0.3, 0.4) is 0 Å². The average molecular weight is 251 g/mol. The van der Waals surface area contributed by atoms with Gasteiger partial charge in [0, 0.05) is 11.6 Å². The van der Waals surface area contributed by atoms with Crippen LogP contribution >= 0.6 is 0 Å². The third-order valence-corrected chi connectivity index (χ3v) is 2.72. The van der Waals surface area contributed by atoms with Crippen molar-refractivity contribution in [3.05, 3.63) is 71.0 Å². The maximum absolute atomic E-state index is 13.5. The quantitative estimate of drug-likeness (QED) is 0.889. The van der Waals surface area contributed by atoms with Crippen molar-refractivity contribution >= 4 is 0 Å². The van der Waals surface area contributed by atoms with Gasteiger partial charge >= 0.3 is 0 Å². The van der Waals surface area contributed by atoms with E-state index in [0.29, 0.717) is 5.56 Å². The highest BCUT2D eigenvalue weighted by atomic mass is 19.1. The van der Waals surface area contributed by atoms with Crippen molar-refractivity contribution in [2.75, 3.05) is 0 Å². The van der Waals surface area contributed by atoms with E-state index >= 15 is 0 Å². The van der Waals surface area contributed by atoms with Crippen molar-refractivity contribution < 1.29 is 13.2 Å². The molecule has 1 atom stereocenters. The maximum Gasteiger partial charge on any atom is 0.130 e. The molecule has 0 heterocycles. The minimum absolute atomic E-state index is 0.165. The Bertz CT molecular complexity index is 534. The van der Waals surface area contributed by atoms with Gasteiger partial charge in [0.25, 0.3) is 0 Å². The number of hydrogen-bond donors (Lipinski definition) is 1. The second-order valence-electron chi connectivity index (χ2n) is 4.08. The number of halogens is 3. The maximum atomic E-state index is 13.5. The summed E-state index contributed by atoms with van der Waals surface area (Å²) in [4.78, 5) is 0. The molecule has 0 fully saturated rings. The van der Waals surface area contributed by atoms with Crippen LogP contribution < -0.4 is 5.73 Å². The summed E-state index contributed by atoms with van der Waals surface area (Å²) in [5.41, 5.74) is 6.21. The Morgan fingerprint density at radius 1 is 0.944 bits per heavy atom. The molecule has 0 radical (unpaired) electrons. The molecule has 0 bridgehead atoms. The van der Waals surface area contributed by atoms with Crippen LogP contribution in [0.4, 0.5) is 13.2 Å². The average Bonchev–Trinajstić information content (AvgIpc) is 2.28. The highest BCUT2D eigenvalue weighted by Crippen LogP contribution is 2.22. The smallest absolute Gasteiger partial charge is 0.130 e. The summed E-state index contributed by atoms with van der Waals surface area (Å²) in [6.07, 6.45) is 0.176. The van der Waals surface area contributed by atoms with E-state index in [2.05, 4.69) is 0 Å². The van der Waals surface area contributed by atoms with E-state index in [1.54, 1.807) is 6.07 Å². The summed E-state index contributed by atoms with van der Waals surface area (Å²) in [6, 6.07) is 8.57. The molecule has 2 rings (SSSR count). The third kappa shape index (κ3) is 2.71. The molecule has 2 N–H and O–H groups in total. The fourth-order valence-corrected chi connectivity index (χ4v) is 1.88. The van der Waals surface area contributed by atoms with E-state index in [-0.39, 0.29) is 12.0 Å². The van der Waals surface area contributed by atoms with Gasteiger partial charge in [-0.25, -0.2) is 13.2 Å². The summed E-state index contributed by atoms with van der Waals surface area (Å²) in [5, 5.41) is 0. The van der Waals surface area contributed by atoms with E-state index < -0.39 is 23.5 Å². The first-order valence-corrected chi connectivity index (χ1v) is 5.52. The molecule has 0 aliphatic carbocycles. The van der Waals surface area contributed by atoms with Gasteiger partial charge in [-0.05, 0) is 36.2 Å². The van der Waals surface area contributed by atoms with E-state index in [9.17, 15) is 13.2 Å². The van der Waals surface area contributed by atoms with Crippen LogP contribution in [0, 0.1) is 17.5 Å². The van der Waals surface area contributed by atoms with Crippen molar-refractivity contribution in [2.45, 2.75) is 12.5 Å². The largest absolute Gasteiger partial charge is 0.323 e. The van der Waals surface area contributed by atoms with Crippen LogP contribution in [0.1, 0.15) is 17.2 Å². The molecular formula is C14H12F3N. The molecule has 4 heteroatoms. The van der Waals surface area contributed by atoms with Gasteiger partial charge in [-0.15, -0.1) is 0 Å². The molecule has 1 nitrogen and oxygen atoms in total. The fraction of sp³-hybridized carbons (Fsp3) is 0.143. The van der Waals surface area contributed by atoms with E-state index in [1.807, 2.05) is 0 Å². The van der Waals surface area contributed by atoms with Crippen molar-refractivity contribution in [3.8, 4) is 0 Å². The first-order chi connectivity index (χ1) is 8.58. The Balaban J connectivity index is 2.25. The minimum atomic E-state index is -0.840. The third-order valence-electron chi connectivity index (χ3n) is 2.72. The Kier molecular flexibility index (Phi) is 3.67. The SMILES string of the molecule is NC(Cc1cccc(F)c1)c1c(F)cccc1F. The Labute approximate surface area is 103 Å². The zero-order valence-corrected chi connectivity index (χ0v) is 9.54. The lowest BCUT2D eigenvalue weighted by Crippen LogP contribution is -2.17. The van der Waals surface area contributed by atoms with Crippen molar-refractivity contribution in [1.82, 2.24) is 0 Å². The van der Waals surface area contributed by atoms with Gasteiger partial charge in [0.15, 0.2) is 0 Å². The second-order valence-corrected chi connectivity index (χ2v) is 4.08. The van der Waals surface area contributed by atoms with E-state index in [1.165, 1.54) is 24.3 Å². The van der Waals surface area contributed by atoms with Crippen molar-refractivity contribution in [2.24, 2.45) is 5.73 Å². The zero-order valence-electron chi connectivity index (χ0n) is 9.54. The standard InChI is InChI=1S/C14H12F3N/c15-10-4-1-3-9(7-10)8-13(18)14-11(16)5-2-6-12(14)17/h1-7,13H,8,18H2. The number of hydrogen-bond acceptors (Lipinski definition) is 1. The molecule has 1 unspecified atom stereocenters. The number of nitrogens with two attached hydrogens (primary N) is 1. The highest BCUT2D eigenvalue weighted by molar-refractivity contribution is 5.26. The monoisotopic (exact) mass is 251 g/mol. The van der Waals surface area contributed by atoms with Crippen LogP contribution in [0.2, 0.25) is 0 Å². The van der Waals surface area contributed by atoms with Gasteiger partial charge in [-0.3, -0.25) is 0 Å². The molecule has 0 amide bonds. The van der Waals surface area contributed by atoms with Gasteiger partial charge in [-0.1, -0.05) is 18.2 Å². The topological polar surface area (TPSA) is 26.0 Å². The fourth-order valence-electron chi connectivity index (χ4n) is 1.88. The van der Waals surface area contributed by atoms with Crippen LogP contribution in [-0.2, 0) is 6.42 Å². The Hall–Kier alpha value is -1.81. The highest BCUT2D eigenvalue weighted by Gasteiger charge is 2.16. The predicted octanol–water partition coefficient (Wildman–Crippen LogP) is 3.35. The molecule has 2 aromatic rings. The van der Waals surface area contributed by atoms with Crippen molar-refractivity contribution in [1.29, 1.82) is 0 Å². The van der Waals surface area contributed by atoms with Crippen LogP contribution in [0.5, 0.6) is 0 Å². The lowest BCUT2D eigenvalue weighted by molar-refractivity contribution is 0.524. The Morgan fingerprint density at radius 3 is 2.17 bits per heavy atom. The normalized spacial score (nSPS) is 12.4. The van der Waals surface area contributed by atoms with E-state index in [4.69, 9.17) is 5.73 Å². The first-order valence-electron chi connectivity index (χ1n) is 5.52. The summed E-state index contributed by atoms with van der Waals surface area (Å²) >= 11 is 0. The summed E-state index contributed by atoms with van der Waals surface area (Å²) in [5.74, 6) is -1.76. The van der Waals surface area contributed by atoms with Crippen LogP contribution in [0.15, 0.2) is 42.5 Å². The molecule has 0 saturated carbocycles. The van der Waals surface area contributed by atoms with Crippen LogP contribution in [0.25, 0.3) is 0 Å². The van der Waals surface area contributed by atoms with Gasteiger partial charge in [0.05, 0.1) is 0 Å². The zero-order chi connectivity index (χ0) is 13.1. The number of rotatable bonds is 3. The molecule has 0 aliphatic heterocycles. The van der Waals surface area contributed by atoms with Gasteiger partial charge in [0.1, 0.15) is 17.5 Å². The predicted molar refractivity (Wildman–Crippen MR) is 63.4 cm³/mol.